The minimum atomic E-state index is -0.288. The van der Waals surface area contributed by atoms with E-state index in [0.717, 1.165) is 48.9 Å². The molecule has 1 fully saturated rings. The second kappa shape index (κ2) is 7.70. The lowest BCUT2D eigenvalue weighted by molar-refractivity contribution is -0.139. The Labute approximate surface area is 159 Å². The average molecular weight is 395 g/mol. The van der Waals surface area contributed by atoms with E-state index in [-0.39, 0.29) is 23.4 Å². The molecule has 3 heterocycles. The van der Waals surface area contributed by atoms with Gasteiger partial charge in [-0.15, -0.1) is 11.3 Å². The summed E-state index contributed by atoms with van der Waals surface area (Å²) in [4.78, 5) is 31.9. The van der Waals surface area contributed by atoms with E-state index >= 15 is 0 Å². The molecule has 0 bridgehead atoms. The summed E-state index contributed by atoms with van der Waals surface area (Å²) < 4.78 is 12.5. The molecular formula is C18H22N2O4S2. The summed E-state index contributed by atoms with van der Waals surface area (Å²) in [6.45, 7) is 3.38. The Hall–Kier alpha value is -1.38. The van der Waals surface area contributed by atoms with Crippen molar-refractivity contribution in [2.45, 2.75) is 56.8 Å². The molecule has 4 rings (SSSR count). The second-order valence-electron chi connectivity index (χ2n) is 6.58. The van der Waals surface area contributed by atoms with Crippen LogP contribution >= 0.6 is 23.1 Å². The SMILES string of the molecule is CCOC(=O)CSc1nc2sc3c(c2c(=O)n1C[C@H]1CCCO1)CCC3. The third-order valence-corrected chi connectivity index (χ3v) is 6.96. The summed E-state index contributed by atoms with van der Waals surface area (Å²) >= 11 is 2.90. The molecule has 0 amide bonds. The molecule has 0 N–H and O–H groups in total. The Balaban J connectivity index is 1.72. The van der Waals surface area contributed by atoms with Crippen molar-refractivity contribution >= 4 is 39.3 Å². The normalized spacial score (nSPS) is 19.2. The number of aryl methyl sites for hydroxylation is 2. The van der Waals surface area contributed by atoms with E-state index < -0.39 is 0 Å². The average Bonchev–Trinajstić information content (AvgIpc) is 3.33. The zero-order valence-electron chi connectivity index (χ0n) is 14.8. The molecule has 0 saturated carbocycles. The van der Waals surface area contributed by atoms with Crippen LogP contribution in [-0.2, 0) is 33.7 Å². The Morgan fingerprint density at radius 1 is 1.42 bits per heavy atom. The number of nitrogens with zero attached hydrogens (tertiary/aromatic N) is 2. The number of hydrogen-bond donors (Lipinski definition) is 0. The molecule has 1 aliphatic carbocycles. The third kappa shape index (κ3) is 3.42. The first-order chi connectivity index (χ1) is 12.7. The van der Waals surface area contributed by atoms with E-state index in [1.54, 1.807) is 22.8 Å². The van der Waals surface area contributed by atoms with Crippen molar-refractivity contribution in [2.75, 3.05) is 19.0 Å². The smallest absolute Gasteiger partial charge is 0.316 e. The molecule has 8 heteroatoms. The summed E-state index contributed by atoms with van der Waals surface area (Å²) in [7, 11) is 0. The van der Waals surface area contributed by atoms with E-state index in [1.165, 1.54) is 22.2 Å². The number of hydrogen-bond acceptors (Lipinski definition) is 7. The highest BCUT2D eigenvalue weighted by Gasteiger charge is 2.25. The van der Waals surface area contributed by atoms with Gasteiger partial charge in [0.1, 0.15) is 4.83 Å². The molecule has 1 aliphatic heterocycles. The van der Waals surface area contributed by atoms with Crippen molar-refractivity contribution in [1.29, 1.82) is 0 Å². The number of ether oxygens (including phenoxy) is 2. The fourth-order valence-corrected chi connectivity index (χ4v) is 5.76. The fraction of sp³-hybridized carbons (Fsp3) is 0.611. The third-order valence-electron chi connectivity index (χ3n) is 4.82. The topological polar surface area (TPSA) is 70.4 Å². The van der Waals surface area contributed by atoms with Crippen molar-refractivity contribution in [3.05, 3.63) is 20.8 Å². The molecule has 6 nitrogen and oxygen atoms in total. The minimum Gasteiger partial charge on any atom is -0.465 e. The summed E-state index contributed by atoms with van der Waals surface area (Å²) in [5.74, 6) is -0.133. The highest BCUT2D eigenvalue weighted by molar-refractivity contribution is 7.99. The van der Waals surface area contributed by atoms with Crippen LogP contribution in [-0.4, -0.2) is 40.6 Å². The van der Waals surface area contributed by atoms with Gasteiger partial charge in [-0.1, -0.05) is 11.8 Å². The van der Waals surface area contributed by atoms with Gasteiger partial charge in [-0.3, -0.25) is 14.2 Å². The molecule has 1 atom stereocenters. The molecule has 2 aromatic rings. The van der Waals surface area contributed by atoms with Crippen molar-refractivity contribution in [2.24, 2.45) is 0 Å². The van der Waals surface area contributed by atoms with E-state index in [2.05, 4.69) is 0 Å². The van der Waals surface area contributed by atoms with Gasteiger partial charge in [0.05, 0.1) is 30.4 Å². The van der Waals surface area contributed by atoms with Gasteiger partial charge in [0.2, 0.25) is 0 Å². The molecule has 0 spiro atoms. The maximum absolute atomic E-state index is 13.3. The van der Waals surface area contributed by atoms with Gasteiger partial charge in [0, 0.05) is 11.5 Å². The summed E-state index contributed by atoms with van der Waals surface area (Å²) in [6, 6.07) is 0. The summed E-state index contributed by atoms with van der Waals surface area (Å²) in [5, 5.41) is 1.37. The standard InChI is InChI=1S/C18H22N2O4S2/c1-2-23-14(21)10-25-18-19-16-15(12-6-3-7-13(12)26-16)17(22)20(18)9-11-5-4-8-24-11/h11H,2-10H2,1H3/t11-/m1/s1. The number of carbonyl (C=O) groups is 1. The van der Waals surface area contributed by atoms with E-state index in [1.807, 2.05) is 0 Å². The minimum absolute atomic E-state index is 0.0104. The molecule has 2 aliphatic rings. The Morgan fingerprint density at radius 2 is 2.31 bits per heavy atom. The van der Waals surface area contributed by atoms with Gasteiger partial charge in [-0.2, -0.15) is 0 Å². The molecule has 0 radical (unpaired) electrons. The van der Waals surface area contributed by atoms with Crippen molar-refractivity contribution in [3.8, 4) is 0 Å². The Kier molecular flexibility index (Phi) is 5.33. The van der Waals surface area contributed by atoms with Gasteiger partial charge in [0.15, 0.2) is 5.16 Å². The zero-order chi connectivity index (χ0) is 18.1. The van der Waals surface area contributed by atoms with Crippen LogP contribution in [0.5, 0.6) is 0 Å². The first-order valence-electron chi connectivity index (χ1n) is 9.12. The quantitative estimate of drug-likeness (QED) is 0.426. The van der Waals surface area contributed by atoms with Gasteiger partial charge in [0.25, 0.3) is 5.56 Å². The number of aromatic nitrogens is 2. The molecule has 26 heavy (non-hydrogen) atoms. The molecular weight excluding hydrogens is 372 g/mol. The van der Waals surface area contributed by atoms with Crippen LogP contribution in [0.2, 0.25) is 0 Å². The number of fused-ring (bicyclic) bond motifs is 3. The number of thioether (sulfide) groups is 1. The van der Waals surface area contributed by atoms with Gasteiger partial charge < -0.3 is 9.47 Å². The van der Waals surface area contributed by atoms with Crippen LogP contribution < -0.4 is 5.56 Å². The monoisotopic (exact) mass is 394 g/mol. The van der Waals surface area contributed by atoms with E-state index in [4.69, 9.17) is 14.5 Å². The Bertz CT molecular complexity index is 883. The molecule has 2 aromatic heterocycles. The van der Waals surface area contributed by atoms with Gasteiger partial charge in [-0.25, -0.2) is 4.98 Å². The lowest BCUT2D eigenvalue weighted by Crippen LogP contribution is -2.29. The van der Waals surface area contributed by atoms with Crippen molar-refractivity contribution < 1.29 is 14.3 Å². The lowest BCUT2D eigenvalue weighted by atomic mass is 10.2. The largest absolute Gasteiger partial charge is 0.465 e. The van der Waals surface area contributed by atoms with Gasteiger partial charge in [-0.05, 0) is 44.6 Å². The van der Waals surface area contributed by atoms with E-state index in [0.29, 0.717) is 18.3 Å². The maximum atomic E-state index is 13.3. The van der Waals surface area contributed by atoms with Gasteiger partial charge >= 0.3 is 5.97 Å². The number of esters is 1. The zero-order valence-corrected chi connectivity index (χ0v) is 16.4. The van der Waals surface area contributed by atoms with Crippen LogP contribution in [0.3, 0.4) is 0 Å². The highest BCUT2D eigenvalue weighted by Crippen LogP contribution is 2.35. The number of rotatable bonds is 6. The number of carbonyl (C=O) groups excluding carboxylic acids is 1. The first-order valence-corrected chi connectivity index (χ1v) is 10.9. The molecule has 0 aromatic carbocycles. The van der Waals surface area contributed by atoms with Crippen LogP contribution in [0.25, 0.3) is 10.2 Å². The number of thiophene rings is 1. The summed E-state index contributed by atoms with van der Waals surface area (Å²) in [6.07, 6.45) is 5.12. The Morgan fingerprint density at radius 3 is 3.08 bits per heavy atom. The molecule has 1 saturated heterocycles. The van der Waals surface area contributed by atoms with Crippen molar-refractivity contribution in [1.82, 2.24) is 9.55 Å². The molecule has 140 valence electrons. The van der Waals surface area contributed by atoms with E-state index in [9.17, 15) is 9.59 Å². The predicted octanol–water partition coefficient (Wildman–Crippen LogP) is 2.78. The van der Waals surface area contributed by atoms with Crippen molar-refractivity contribution in [3.63, 3.8) is 0 Å². The summed E-state index contributed by atoms with van der Waals surface area (Å²) in [5.41, 5.74) is 1.20. The van der Waals surface area contributed by atoms with Crippen LogP contribution in [0.15, 0.2) is 9.95 Å². The molecule has 0 unspecified atom stereocenters. The van der Waals surface area contributed by atoms with Crippen LogP contribution in [0, 0.1) is 0 Å². The highest BCUT2D eigenvalue weighted by atomic mass is 32.2. The van der Waals surface area contributed by atoms with Crippen LogP contribution in [0.1, 0.15) is 36.6 Å². The second-order valence-corrected chi connectivity index (χ2v) is 8.60. The van der Waals surface area contributed by atoms with Crippen LogP contribution in [0.4, 0.5) is 0 Å². The lowest BCUT2D eigenvalue weighted by Gasteiger charge is -2.15. The maximum Gasteiger partial charge on any atom is 0.316 e. The fourth-order valence-electron chi connectivity index (χ4n) is 3.65. The predicted molar refractivity (Wildman–Crippen MR) is 102 cm³/mol. The first kappa shape index (κ1) is 18.0.